The molecular weight excluding hydrogens is 412 g/mol. The number of amides is 2. The predicted octanol–water partition coefficient (Wildman–Crippen LogP) is 4.04. The van der Waals surface area contributed by atoms with Crippen LogP contribution in [0, 0.1) is 0 Å². The first kappa shape index (κ1) is 22.2. The van der Waals surface area contributed by atoms with E-state index < -0.39 is 23.8 Å². The van der Waals surface area contributed by atoms with Crippen molar-refractivity contribution in [2.75, 3.05) is 10.6 Å². The summed E-state index contributed by atoms with van der Waals surface area (Å²) in [7, 11) is 0. The van der Waals surface area contributed by atoms with Gasteiger partial charge in [0, 0.05) is 25.0 Å². The Kier molecular flexibility index (Phi) is 6.97. The number of carbonyl (C=O) groups is 4. The third kappa shape index (κ3) is 6.02. The summed E-state index contributed by atoms with van der Waals surface area (Å²) in [5, 5.41) is 5.48. The number of benzene rings is 3. The molecule has 0 atom stereocenters. The molecule has 0 aromatic heterocycles. The second kappa shape index (κ2) is 10.0. The topological polar surface area (TPSA) is 111 Å². The van der Waals surface area contributed by atoms with Crippen molar-refractivity contribution >= 4 is 35.1 Å². The number of anilines is 2. The molecule has 0 heterocycles. The van der Waals surface area contributed by atoms with Crippen LogP contribution < -0.4 is 20.1 Å². The van der Waals surface area contributed by atoms with Crippen molar-refractivity contribution in [3.05, 3.63) is 83.9 Å². The Labute approximate surface area is 184 Å². The second-order valence-corrected chi connectivity index (χ2v) is 6.70. The smallest absolute Gasteiger partial charge is 0.308 e. The van der Waals surface area contributed by atoms with Crippen LogP contribution in [0.3, 0.4) is 0 Å². The van der Waals surface area contributed by atoms with E-state index in [1.54, 1.807) is 60.7 Å². The summed E-state index contributed by atoms with van der Waals surface area (Å²) < 4.78 is 10.0. The first-order valence-electron chi connectivity index (χ1n) is 9.60. The van der Waals surface area contributed by atoms with Gasteiger partial charge in [-0.2, -0.15) is 0 Å². The number of ether oxygens (including phenoxy) is 2. The Balaban J connectivity index is 1.76. The first-order valence-corrected chi connectivity index (χ1v) is 9.60. The summed E-state index contributed by atoms with van der Waals surface area (Å²) in [5.74, 6) is -1.38. The molecule has 8 heteroatoms. The quantitative estimate of drug-likeness (QED) is 0.449. The summed E-state index contributed by atoms with van der Waals surface area (Å²) in [4.78, 5) is 47.7. The highest BCUT2D eigenvalue weighted by Gasteiger charge is 2.14. The standard InChI is InChI=1S/C24H20N2O6/c1-15(27)31-19-9-5-7-17(13-19)23(29)25-21-11-3-4-12-22(21)26-24(30)18-8-6-10-20(14-18)32-16(2)28/h3-14H,1-2H3,(H,25,29)(H,26,30). The van der Waals surface area contributed by atoms with E-state index in [-0.39, 0.29) is 22.6 Å². The number of rotatable bonds is 6. The number of hydrogen-bond donors (Lipinski definition) is 2. The summed E-state index contributed by atoms with van der Waals surface area (Å²) >= 11 is 0. The van der Waals surface area contributed by atoms with Gasteiger partial charge in [0.15, 0.2) is 0 Å². The Bertz CT molecular complexity index is 1100. The lowest BCUT2D eigenvalue weighted by Crippen LogP contribution is -2.17. The highest BCUT2D eigenvalue weighted by Crippen LogP contribution is 2.24. The zero-order valence-electron chi connectivity index (χ0n) is 17.4. The van der Waals surface area contributed by atoms with E-state index >= 15 is 0 Å². The van der Waals surface area contributed by atoms with E-state index in [0.29, 0.717) is 11.4 Å². The Morgan fingerprint density at radius 2 is 1.00 bits per heavy atom. The third-order valence-electron chi connectivity index (χ3n) is 4.14. The summed E-state index contributed by atoms with van der Waals surface area (Å²) in [6.07, 6.45) is 0. The molecule has 3 aromatic rings. The average Bonchev–Trinajstić information content (AvgIpc) is 2.74. The van der Waals surface area contributed by atoms with Crippen LogP contribution in [0.2, 0.25) is 0 Å². The lowest BCUT2D eigenvalue weighted by molar-refractivity contribution is -0.132. The molecule has 0 fully saturated rings. The Hall–Kier alpha value is -4.46. The van der Waals surface area contributed by atoms with Crippen LogP contribution >= 0.6 is 0 Å². The van der Waals surface area contributed by atoms with Gasteiger partial charge in [-0.25, -0.2) is 0 Å². The predicted molar refractivity (Wildman–Crippen MR) is 118 cm³/mol. The Morgan fingerprint density at radius 1 is 0.594 bits per heavy atom. The van der Waals surface area contributed by atoms with E-state index in [1.807, 2.05) is 0 Å². The fourth-order valence-electron chi connectivity index (χ4n) is 2.82. The van der Waals surface area contributed by atoms with Gasteiger partial charge in [-0.1, -0.05) is 24.3 Å². The number of nitrogens with one attached hydrogen (secondary N) is 2. The molecule has 3 aromatic carbocycles. The van der Waals surface area contributed by atoms with Crippen LogP contribution in [0.25, 0.3) is 0 Å². The second-order valence-electron chi connectivity index (χ2n) is 6.70. The van der Waals surface area contributed by atoms with Crippen molar-refractivity contribution < 1.29 is 28.7 Å². The molecule has 0 aliphatic rings. The molecule has 8 nitrogen and oxygen atoms in total. The lowest BCUT2D eigenvalue weighted by atomic mass is 10.1. The van der Waals surface area contributed by atoms with Gasteiger partial charge in [0.1, 0.15) is 11.5 Å². The summed E-state index contributed by atoms with van der Waals surface area (Å²) in [6, 6.07) is 19.0. The largest absolute Gasteiger partial charge is 0.427 e. The van der Waals surface area contributed by atoms with Gasteiger partial charge in [-0.3, -0.25) is 19.2 Å². The molecule has 3 rings (SSSR count). The maximum absolute atomic E-state index is 12.7. The van der Waals surface area contributed by atoms with E-state index in [9.17, 15) is 19.2 Å². The monoisotopic (exact) mass is 432 g/mol. The van der Waals surface area contributed by atoms with Crippen molar-refractivity contribution in [2.45, 2.75) is 13.8 Å². The maximum Gasteiger partial charge on any atom is 0.308 e. The van der Waals surface area contributed by atoms with Crippen LogP contribution in [-0.4, -0.2) is 23.8 Å². The van der Waals surface area contributed by atoms with E-state index in [2.05, 4.69) is 10.6 Å². The zero-order valence-corrected chi connectivity index (χ0v) is 17.4. The molecule has 0 aliphatic heterocycles. The van der Waals surface area contributed by atoms with Gasteiger partial charge in [0.05, 0.1) is 11.4 Å². The minimum Gasteiger partial charge on any atom is -0.427 e. The van der Waals surface area contributed by atoms with Gasteiger partial charge in [-0.05, 0) is 48.5 Å². The number of carbonyl (C=O) groups excluding carboxylic acids is 4. The van der Waals surface area contributed by atoms with E-state index in [4.69, 9.17) is 9.47 Å². The van der Waals surface area contributed by atoms with Crippen LogP contribution in [-0.2, 0) is 9.59 Å². The van der Waals surface area contributed by atoms with Crippen LogP contribution in [0.1, 0.15) is 34.6 Å². The van der Waals surface area contributed by atoms with Crippen LogP contribution in [0.4, 0.5) is 11.4 Å². The van der Waals surface area contributed by atoms with E-state index in [0.717, 1.165) is 0 Å². The number of esters is 2. The van der Waals surface area contributed by atoms with Crippen LogP contribution in [0.5, 0.6) is 11.5 Å². The molecule has 0 spiro atoms. The minimum atomic E-state index is -0.492. The molecule has 0 saturated carbocycles. The van der Waals surface area contributed by atoms with Gasteiger partial charge >= 0.3 is 11.9 Å². The fraction of sp³-hybridized carbons (Fsp3) is 0.0833. The molecule has 2 amide bonds. The molecule has 162 valence electrons. The van der Waals surface area contributed by atoms with Crippen molar-refractivity contribution in [1.29, 1.82) is 0 Å². The van der Waals surface area contributed by atoms with E-state index in [1.165, 1.54) is 26.0 Å². The van der Waals surface area contributed by atoms with Crippen molar-refractivity contribution in [1.82, 2.24) is 0 Å². The summed E-state index contributed by atoms with van der Waals surface area (Å²) in [6.45, 7) is 2.54. The number of hydrogen-bond acceptors (Lipinski definition) is 6. The van der Waals surface area contributed by atoms with Gasteiger partial charge < -0.3 is 20.1 Å². The molecular formula is C24H20N2O6. The normalized spacial score (nSPS) is 10.1. The van der Waals surface area contributed by atoms with Crippen molar-refractivity contribution in [2.24, 2.45) is 0 Å². The van der Waals surface area contributed by atoms with Gasteiger partial charge in [-0.15, -0.1) is 0 Å². The molecule has 2 N–H and O–H groups in total. The molecule has 0 saturated heterocycles. The summed E-state index contributed by atoms with van der Waals surface area (Å²) in [5.41, 5.74) is 1.30. The maximum atomic E-state index is 12.7. The lowest BCUT2D eigenvalue weighted by Gasteiger charge is -2.13. The Morgan fingerprint density at radius 3 is 1.38 bits per heavy atom. The van der Waals surface area contributed by atoms with Crippen LogP contribution in [0.15, 0.2) is 72.8 Å². The molecule has 0 unspecified atom stereocenters. The molecule has 0 aliphatic carbocycles. The minimum absolute atomic E-state index is 0.249. The van der Waals surface area contributed by atoms with Crippen molar-refractivity contribution in [3.63, 3.8) is 0 Å². The average molecular weight is 432 g/mol. The zero-order chi connectivity index (χ0) is 23.1. The third-order valence-corrected chi connectivity index (χ3v) is 4.14. The molecule has 0 bridgehead atoms. The highest BCUT2D eigenvalue weighted by molar-refractivity contribution is 6.10. The highest BCUT2D eigenvalue weighted by atomic mass is 16.5. The SMILES string of the molecule is CC(=O)Oc1cccc(C(=O)Nc2ccccc2NC(=O)c2cccc(OC(C)=O)c2)c1. The first-order chi connectivity index (χ1) is 15.3. The fourth-order valence-corrected chi connectivity index (χ4v) is 2.82. The van der Waals surface area contributed by atoms with Gasteiger partial charge in [0.2, 0.25) is 0 Å². The molecule has 0 radical (unpaired) electrons. The van der Waals surface area contributed by atoms with Crippen molar-refractivity contribution in [3.8, 4) is 11.5 Å². The van der Waals surface area contributed by atoms with Gasteiger partial charge in [0.25, 0.3) is 11.8 Å². The molecule has 32 heavy (non-hydrogen) atoms. The number of para-hydroxylation sites is 2.